The van der Waals surface area contributed by atoms with Crippen LogP contribution < -0.4 is 10.6 Å². The van der Waals surface area contributed by atoms with Crippen LogP contribution in [0.4, 0.5) is 0 Å². The third kappa shape index (κ3) is 28.9. The predicted molar refractivity (Wildman–Crippen MR) is 231 cm³/mol. The summed E-state index contributed by atoms with van der Waals surface area (Å²) in [7, 11) is 0. The van der Waals surface area contributed by atoms with Crippen molar-refractivity contribution >= 4 is 11.8 Å². The van der Waals surface area contributed by atoms with E-state index in [0.717, 1.165) is 37.5 Å². The zero-order valence-electron chi connectivity index (χ0n) is 36.1. The zero-order chi connectivity index (χ0) is 37.9. The molecule has 0 spiro atoms. The normalized spacial score (nSPS) is 20.4. The maximum Gasteiger partial charge on any atom is 0.220 e. The van der Waals surface area contributed by atoms with E-state index in [2.05, 4.69) is 24.5 Å². The fraction of sp³-hybridized carbons (Fsp3) is 0.959. The SMILES string of the molecule is CCCCCCCCCCCCCCCCCC(=O)NC1CCC(CC2CCC(NC(=O)CCCCCCCCCCCCCCCCC)CC2)CC1. The van der Waals surface area contributed by atoms with E-state index in [1.807, 2.05) is 0 Å². The Kier molecular flexibility index (Phi) is 32.1. The molecule has 0 bridgehead atoms. The van der Waals surface area contributed by atoms with Gasteiger partial charge in [0.2, 0.25) is 11.8 Å². The lowest BCUT2D eigenvalue weighted by atomic mass is 9.75. The lowest BCUT2D eigenvalue weighted by Crippen LogP contribution is -2.39. The molecule has 4 heteroatoms. The van der Waals surface area contributed by atoms with Crippen molar-refractivity contribution in [2.75, 3.05) is 0 Å². The van der Waals surface area contributed by atoms with E-state index in [0.29, 0.717) is 23.9 Å². The standard InChI is InChI=1S/C49H94N2O2/c1-3-5-7-9-11-13-15-17-19-21-23-25-27-29-31-33-48(52)50-46-39-35-44(36-40-46)43-45-37-41-47(42-38-45)51-49(53)34-32-30-28-26-24-22-20-18-16-14-12-10-8-6-4-2/h44-47H,3-43H2,1-2H3,(H,50,52)(H,51,53). The van der Waals surface area contributed by atoms with E-state index in [-0.39, 0.29) is 0 Å². The highest BCUT2D eigenvalue weighted by Crippen LogP contribution is 2.35. The number of carbonyl (C=O) groups is 2. The van der Waals surface area contributed by atoms with Crippen LogP contribution in [0.5, 0.6) is 0 Å². The summed E-state index contributed by atoms with van der Waals surface area (Å²) >= 11 is 0. The van der Waals surface area contributed by atoms with E-state index in [1.54, 1.807) is 0 Å². The Balaban J connectivity index is 1.33. The molecule has 2 amide bonds. The van der Waals surface area contributed by atoms with Crippen LogP contribution in [0.15, 0.2) is 0 Å². The average molecular weight is 743 g/mol. The summed E-state index contributed by atoms with van der Waals surface area (Å²) in [5, 5.41) is 6.76. The first-order chi connectivity index (χ1) is 26.1. The maximum atomic E-state index is 12.6. The van der Waals surface area contributed by atoms with Crippen molar-refractivity contribution < 1.29 is 9.59 Å². The third-order valence-corrected chi connectivity index (χ3v) is 13.1. The fourth-order valence-corrected chi connectivity index (χ4v) is 9.47. The minimum atomic E-state index is 0.295. The maximum absolute atomic E-state index is 12.6. The van der Waals surface area contributed by atoms with Crippen LogP contribution in [0.2, 0.25) is 0 Å². The lowest BCUT2D eigenvalue weighted by Gasteiger charge is -2.34. The van der Waals surface area contributed by atoms with Gasteiger partial charge in [-0.3, -0.25) is 9.59 Å². The second kappa shape index (κ2) is 35.4. The molecule has 2 aliphatic rings. The van der Waals surface area contributed by atoms with E-state index < -0.39 is 0 Å². The van der Waals surface area contributed by atoms with Crippen LogP contribution in [-0.2, 0) is 9.59 Å². The second-order valence-corrected chi connectivity index (χ2v) is 18.2. The summed E-state index contributed by atoms with van der Waals surface area (Å²) in [5.41, 5.74) is 0. The van der Waals surface area contributed by atoms with Crippen LogP contribution in [0, 0.1) is 11.8 Å². The Hall–Kier alpha value is -1.06. The van der Waals surface area contributed by atoms with Crippen LogP contribution in [0.25, 0.3) is 0 Å². The molecule has 2 saturated carbocycles. The molecule has 0 unspecified atom stereocenters. The Labute approximate surface area is 332 Å². The summed E-state index contributed by atoms with van der Waals surface area (Å²) in [6.45, 7) is 4.59. The van der Waals surface area contributed by atoms with Gasteiger partial charge in [-0.25, -0.2) is 0 Å². The van der Waals surface area contributed by atoms with Crippen molar-refractivity contribution in [3.8, 4) is 0 Å². The van der Waals surface area contributed by atoms with E-state index in [4.69, 9.17) is 0 Å². The monoisotopic (exact) mass is 743 g/mol. The topological polar surface area (TPSA) is 58.2 Å². The van der Waals surface area contributed by atoms with Crippen molar-refractivity contribution in [3.05, 3.63) is 0 Å². The molecule has 0 atom stereocenters. The minimum absolute atomic E-state index is 0.295. The summed E-state index contributed by atoms with van der Waals surface area (Å²) in [5.74, 6) is 2.26. The molecule has 4 nitrogen and oxygen atoms in total. The summed E-state index contributed by atoms with van der Waals surface area (Å²) in [6.07, 6.45) is 53.6. The van der Waals surface area contributed by atoms with Crippen molar-refractivity contribution in [2.24, 2.45) is 11.8 Å². The second-order valence-electron chi connectivity index (χ2n) is 18.2. The number of hydrogen-bond acceptors (Lipinski definition) is 2. The highest BCUT2D eigenvalue weighted by atomic mass is 16.2. The molecule has 2 rings (SSSR count). The molecule has 0 radical (unpaired) electrons. The van der Waals surface area contributed by atoms with E-state index in [9.17, 15) is 9.59 Å². The van der Waals surface area contributed by atoms with Crippen molar-refractivity contribution in [2.45, 2.75) is 289 Å². The van der Waals surface area contributed by atoms with Crippen molar-refractivity contribution in [1.29, 1.82) is 0 Å². The molecule has 2 fully saturated rings. The number of unbranched alkanes of at least 4 members (excludes halogenated alkanes) is 28. The fourth-order valence-electron chi connectivity index (χ4n) is 9.47. The average Bonchev–Trinajstić information content (AvgIpc) is 3.16. The molecule has 2 N–H and O–H groups in total. The van der Waals surface area contributed by atoms with Gasteiger partial charge in [-0.2, -0.15) is 0 Å². The zero-order valence-corrected chi connectivity index (χ0v) is 36.1. The van der Waals surface area contributed by atoms with Gasteiger partial charge in [-0.15, -0.1) is 0 Å². The highest BCUT2D eigenvalue weighted by molar-refractivity contribution is 5.76. The van der Waals surface area contributed by atoms with Crippen molar-refractivity contribution in [3.63, 3.8) is 0 Å². The lowest BCUT2D eigenvalue weighted by molar-refractivity contribution is -0.123. The predicted octanol–water partition coefficient (Wildman–Crippen LogP) is 15.2. The number of hydrogen-bond donors (Lipinski definition) is 2. The Bertz CT molecular complexity index is 747. The van der Waals surface area contributed by atoms with Gasteiger partial charge in [0.1, 0.15) is 0 Å². The molecular formula is C49H94N2O2. The van der Waals surface area contributed by atoms with Gasteiger partial charge in [0.15, 0.2) is 0 Å². The van der Waals surface area contributed by atoms with Crippen molar-refractivity contribution in [1.82, 2.24) is 10.6 Å². The molecule has 0 aliphatic heterocycles. The molecule has 0 aromatic rings. The van der Waals surface area contributed by atoms with Gasteiger partial charge in [0.05, 0.1) is 0 Å². The Morgan fingerprint density at radius 2 is 0.566 bits per heavy atom. The van der Waals surface area contributed by atoms with Gasteiger partial charge in [-0.05, 0) is 82.5 Å². The first kappa shape index (κ1) is 48.1. The molecule has 312 valence electrons. The minimum Gasteiger partial charge on any atom is -0.353 e. The number of carbonyl (C=O) groups excluding carboxylic acids is 2. The summed E-state index contributed by atoms with van der Waals surface area (Å²) < 4.78 is 0. The molecular weight excluding hydrogens is 649 g/mol. The van der Waals surface area contributed by atoms with Gasteiger partial charge < -0.3 is 10.6 Å². The van der Waals surface area contributed by atoms with Crippen LogP contribution in [0.1, 0.15) is 277 Å². The third-order valence-electron chi connectivity index (χ3n) is 13.1. The molecule has 0 aromatic heterocycles. The smallest absolute Gasteiger partial charge is 0.220 e. The van der Waals surface area contributed by atoms with Gasteiger partial charge >= 0.3 is 0 Å². The molecule has 0 aromatic carbocycles. The van der Waals surface area contributed by atoms with E-state index >= 15 is 0 Å². The quantitative estimate of drug-likeness (QED) is 0.0628. The van der Waals surface area contributed by atoms with Gasteiger partial charge in [-0.1, -0.05) is 194 Å². The van der Waals surface area contributed by atoms with Crippen LogP contribution in [0.3, 0.4) is 0 Å². The van der Waals surface area contributed by atoms with E-state index in [1.165, 1.54) is 238 Å². The number of rotatable bonds is 36. The van der Waals surface area contributed by atoms with Gasteiger partial charge in [0.25, 0.3) is 0 Å². The summed E-state index contributed by atoms with van der Waals surface area (Å²) in [6, 6.07) is 0.816. The summed E-state index contributed by atoms with van der Waals surface area (Å²) in [4.78, 5) is 25.2. The highest BCUT2D eigenvalue weighted by Gasteiger charge is 2.28. The number of nitrogens with one attached hydrogen (secondary N) is 2. The first-order valence-corrected chi connectivity index (χ1v) is 24.7. The largest absolute Gasteiger partial charge is 0.353 e. The first-order valence-electron chi connectivity index (χ1n) is 24.7. The Morgan fingerprint density at radius 3 is 0.811 bits per heavy atom. The molecule has 53 heavy (non-hydrogen) atoms. The van der Waals surface area contributed by atoms with Gasteiger partial charge in [0, 0.05) is 24.9 Å². The molecule has 0 saturated heterocycles. The van der Waals surface area contributed by atoms with Crippen LogP contribution >= 0.6 is 0 Å². The Morgan fingerprint density at radius 1 is 0.340 bits per heavy atom. The van der Waals surface area contributed by atoms with Crippen LogP contribution in [-0.4, -0.2) is 23.9 Å². The molecule has 2 aliphatic carbocycles. The number of amides is 2. The molecule has 0 heterocycles.